The summed E-state index contributed by atoms with van der Waals surface area (Å²) >= 11 is 0.874. The maximum absolute atomic E-state index is 14.2. The van der Waals surface area contributed by atoms with E-state index in [9.17, 15) is 18.3 Å². The summed E-state index contributed by atoms with van der Waals surface area (Å²) < 4.78 is 43.2. The molecule has 0 fully saturated rings. The van der Waals surface area contributed by atoms with E-state index in [4.69, 9.17) is 0 Å². The molecule has 0 saturated carbocycles. The number of para-hydroxylation sites is 1. The number of rotatable bonds is 2. The van der Waals surface area contributed by atoms with Gasteiger partial charge in [0.2, 0.25) is 5.60 Å². The summed E-state index contributed by atoms with van der Waals surface area (Å²) in [6, 6.07) is 10.1. The van der Waals surface area contributed by atoms with E-state index in [2.05, 4.69) is 10.3 Å². The molecule has 0 bridgehead atoms. The van der Waals surface area contributed by atoms with E-state index in [-0.39, 0.29) is 10.6 Å². The molecule has 0 amide bonds. The van der Waals surface area contributed by atoms with Gasteiger partial charge in [0.05, 0.1) is 10.2 Å². The van der Waals surface area contributed by atoms with Crippen LogP contribution in [0, 0.1) is 6.92 Å². The predicted molar refractivity (Wildman–Crippen MR) is 96.7 cm³/mol. The molecule has 1 unspecified atom stereocenters. The minimum absolute atomic E-state index is 0.168. The number of aliphatic hydroxyl groups is 1. The molecule has 136 valence electrons. The normalized spacial score (nSPS) is 16.8. The Morgan fingerprint density at radius 2 is 1.96 bits per heavy atom. The van der Waals surface area contributed by atoms with Gasteiger partial charge in [-0.25, -0.2) is 4.98 Å². The van der Waals surface area contributed by atoms with Gasteiger partial charge in [-0.15, -0.1) is 11.3 Å². The third-order valence-electron chi connectivity index (χ3n) is 4.69. The summed E-state index contributed by atoms with van der Waals surface area (Å²) in [4.78, 5) is 4.13. The third-order valence-corrected chi connectivity index (χ3v) is 5.84. The molecule has 4 rings (SSSR count). The van der Waals surface area contributed by atoms with E-state index in [1.165, 1.54) is 6.07 Å². The van der Waals surface area contributed by atoms with Gasteiger partial charge in [0.15, 0.2) is 0 Å². The zero-order valence-electron chi connectivity index (χ0n) is 14.0. The molecule has 3 aromatic rings. The maximum Gasteiger partial charge on any atom is 0.428 e. The molecule has 0 aliphatic carbocycles. The van der Waals surface area contributed by atoms with Gasteiger partial charge in [-0.2, -0.15) is 13.2 Å². The van der Waals surface area contributed by atoms with E-state index in [1.807, 2.05) is 6.07 Å². The van der Waals surface area contributed by atoms with Gasteiger partial charge in [-0.05, 0) is 37.5 Å². The highest BCUT2D eigenvalue weighted by Gasteiger charge is 2.59. The molecule has 1 atom stereocenters. The Hall–Kier alpha value is -2.12. The SMILES string of the molecule is Cc1cc2c(c(C(O)(c3nc4ccccc4s3)C(F)(F)F)c1)NCCC2. The standard InChI is InChI=1S/C19H17F3N2OS/c1-11-9-12-5-4-8-23-16(12)13(10-11)18(25,19(20,21)22)17-24-14-6-2-3-7-15(14)26-17/h2-3,6-7,9-10,23,25H,4-5,8H2,1H3. The van der Waals surface area contributed by atoms with Crippen molar-refractivity contribution < 1.29 is 18.3 Å². The van der Waals surface area contributed by atoms with E-state index < -0.39 is 11.8 Å². The summed E-state index contributed by atoms with van der Waals surface area (Å²) in [5.41, 5.74) is -1.01. The van der Waals surface area contributed by atoms with Crippen LogP contribution in [0.5, 0.6) is 0 Å². The lowest BCUT2D eigenvalue weighted by atomic mass is 9.86. The summed E-state index contributed by atoms with van der Waals surface area (Å²) in [6.45, 7) is 2.32. The van der Waals surface area contributed by atoms with Crippen LogP contribution >= 0.6 is 11.3 Å². The van der Waals surface area contributed by atoms with Crippen LogP contribution < -0.4 is 5.32 Å². The van der Waals surface area contributed by atoms with E-state index in [0.29, 0.717) is 34.4 Å². The van der Waals surface area contributed by atoms with Crippen LogP contribution in [0.15, 0.2) is 36.4 Å². The molecule has 3 nitrogen and oxygen atoms in total. The van der Waals surface area contributed by atoms with Crippen LogP contribution in [0.4, 0.5) is 18.9 Å². The summed E-state index contributed by atoms with van der Waals surface area (Å²) in [6.07, 6.45) is -3.37. The zero-order chi connectivity index (χ0) is 18.5. The highest BCUT2D eigenvalue weighted by atomic mass is 32.1. The fourth-order valence-corrected chi connectivity index (χ4v) is 4.55. The highest BCUT2D eigenvalue weighted by molar-refractivity contribution is 7.18. The Morgan fingerprint density at radius 1 is 1.19 bits per heavy atom. The second-order valence-electron chi connectivity index (χ2n) is 6.57. The van der Waals surface area contributed by atoms with Gasteiger partial charge in [-0.1, -0.05) is 29.8 Å². The second-order valence-corrected chi connectivity index (χ2v) is 7.60. The lowest BCUT2D eigenvalue weighted by Gasteiger charge is -2.33. The van der Waals surface area contributed by atoms with Crippen LogP contribution in [-0.4, -0.2) is 22.8 Å². The van der Waals surface area contributed by atoms with Crippen molar-refractivity contribution in [2.75, 3.05) is 11.9 Å². The van der Waals surface area contributed by atoms with Crippen molar-refractivity contribution in [3.63, 3.8) is 0 Å². The maximum atomic E-state index is 14.2. The molecule has 0 saturated heterocycles. The van der Waals surface area contributed by atoms with Crippen molar-refractivity contribution in [1.29, 1.82) is 0 Å². The number of aromatic nitrogens is 1. The molecular formula is C19H17F3N2OS. The molecule has 2 heterocycles. The quantitative estimate of drug-likeness (QED) is 0.676. The van der Waals surface area contributed by atoms with Crippen LogP contribution in [0.25, 0.3) is 10.2 Å². The number of alkyl halides is 3. The monoisotopic (exact) mass is 378 g/mol. The minimum atomic E-state index is -4.90. The van der Waals surface area contributed by atoms with E-state index in [1.54, 1.807) is 31.2 Å². The fraction of sp³-hybridized carbons (Fsp3) is 0.316. The lowest BCUT2D eigenvalue weighted by molar-refractivity contribution is -0.248. The Morgan fingerprint density at radius 3 is 2.69 bits per heavy atom. The molecule has 1 aromatic heterocycles. The van der Waals surface area contributed by atoms with Crippen molar-refractivity contribution in [3.8, 4) is 0 Å². The van der Waals surface area contributed by atoms with Crippen molar-refractivity contribution in [2.24, 2.45) is 0 Å². The fourth-order valence-electron chi connectivity index (χ4n) is 3.46. The molecule has 0 spiro atoms. The smallest absolute Gasteiger partial charge is 0.384 e. The topological polar surface area (TPSA) is 45.2 Å². The Balaban J connectivity index is 2.01. The first-order valence-corrected chi connectivity index (χ1v) is 9.15. The van der Waals surface area contributed by atoms with Gasteiger partial charge < -0.3 is 10.4 Å². The number of fused-ring (bicyclic) bond motifs is 2. The first-order chi connectivity index (χ1) is 12.3. The molecule has 0 radical (unpaired) electrons. The summed E-state index contributed by atoms with van der Waals surface area (Å²) in [7, 11) is 0. The van der Waals surface area contributed by atoms with Gasteiger partial charge in [0.25, 0.3) is 0 Å². The number of hydrogen-bond acceptors (Lipinski definition) is 4. The minimum Gasteiger partial charge on any atom is -0.384 e. The molecular weight excluding hydrogens is 361 g/mol. The highest BCUT2D eigenvalue weighted by Crippen LogP contribution is 2.50. The van der Waals surface area contributed by atoms with Crippen molar-refractivity contribution >= 4 is 27.2 Å². The first kappa shape index (κ1) is 17.3. The third kappa shape index (κ3) is 2.57. The number of nitrogens with zero attached hydrogens (tertiary/aromatic N) is 1. The number of anilines is 1. The molecule has 7 heteroatoms. The van der Waals surface area contributed by atoms with E-state index >= 15 is 0 Å². The molecule has 2 aromatic carbocycles. The van der Waals surface area contributed by atoms with Crippen LogP contribution in [0.1, 0.15) is 28.1 Å². The number of aryl methyl sites for hydroxylation is 2. The lowest BCUT2D eigenvalue weighted by Crippen LogP contribution is -2.44. The number of halogens is 3. The second kappa shape index (κ2) is 5.96. The largest absolute Gasteiger partial charge is 0.428 e. The summed E-state index contributed by atoms with van der Waals surface area (Å²) in [5.74, 6) is 0. The molecule has 2 N–H and O–H groups in total. The average molecular weight is 378 g/mol. The molecule has 1 aliphatic heterocycles. The Labute approximate surface area is 152 Å². The van der Waals surface area contributed by atoms with Crippen LogP contribution in [0.3, 0.4) is 0 Å². The van der Waals surface area contributed by atoms with Crippen LogP contribution in [-0.2, 0) is 12.0 Å². The van der Waals surface area contributed by atoms with Gasteiger partial charge in [-0.3, -0.25) is 0 Å². The average Bonchev–Trinajstić information content (AvgIpc) is 3.03. The number of hydrogen-bond donors (Lipinski definition) is 2. The first-order valence-electron chi connectivity index (χ1n) is 8.34. The number of thiazole rings is 1. The Bertz CT molecular complexity index is 950. The van der Waals surface area contributed by atoms with Crippen molar-refractivity contribution in [1.82, 2.24) is 4.98 Å². The summed E-state index contributed by atoms with van der Waals surface area (Å²) in [5, 5.41) is 13.8. The Kier molecular flexibility index (Phi) is 3.96. The number of nitrogens with one attached hydrogen (secondary N) is 1. The zero-order valence-corrected chi connectivity index (χ0v) is 14.8. The van der Waals surface area contributed by atoms with Gasteiger partial charge >= 0.3 is 6.18 Å². The molecule has 1 aliphatic rings. The predicted octanol–water partition coefficient (Wildman–Crippen LogP) is 4.76. The van der Waals surface area contributed by atoms with Crippen molar-refractivity contribution in [3.05, 3.63) is 58.1 Å². The number of benzene rings is 2. The molecule has 26 heavy (non-hydrogen) atoms. The van der Waals surface area contributed by atoms with Gasteiger partial charge in [0, 0.05) is 17.8 Å². The van der Waals surface area contributed by atoms with Crippen LogP contribution in [0.2, 0.25) is 0 Å². The van der Waals surface area contributed by atoms with Gasteiger partial charge in [0.1, 0.15) is 5.01 Å². The van der Waals surface area contributed by atoms with Crippen molar-refractivity contribution in [2.45, 2.75) is 31.5 Å². The van der Waals surface area contributed by atoms with E-state index in [0.717, 1.165) is 23.3 Å².